The van der Waals surface area contributed by atoms with Crippen molar-refractivity contribution in [3.05, 3.63) is 63.6 Å². The summed E-state index contributed by atoms with van der Waals surface area (Å²) in [6.07, 6.45) is -1.34. The van der Waals surface area contributed by atoms with Gasteiger partial charge in [0.05, 0.1) is 31.2 Å². The van der Waals surface area contributed by atoms with Crippen molar-refractivity contribution in [3.8, 4) is 0 Å². The van der Waals surface area contributed by atoms with Gasteiger partial charge in [-0.2, -0.15) is 0 Å². The lowest BCUT2D eigenvalue weighted by molar-refractivity contribution is -0.119. The van der Waals surface area contributed by atoms with Crippen molar-refractivity contribution in [1.29, 1.82) is 0 Å². The summed E-state index contributed by atoms with van der Waals surface area (Å²) in [7, 11) is 1.69. The summed E-state index contributed by atoms with van der Waals surface area (Å²) >= 11 is 18.1. The van der Waals surface area contributed by atoms with Gasteiger partial charge in [-0.1, -0.05) is 41.4 Å². The van der Waals surface area contributed by atoms with E-state index < -0.39 is 6.17 Å². The number of fused-ring (bicyclic) bond motifs is 1. The van der Waals surface area contributed by atoms with Crippen LogP contribution in [-0.2, 0) is 14.3 Å². The Kier molecular flexibility index (Phi) is 6.74. The van der Waals surface area contributed by atoms with Crippen LogP contribution in [0, 0.1) is 0 Å². The minimum Gasteiger partial charge on any atom is -0.358 e. The fourth-order valence-electron chi connectivity index (χ4n) is 3.38. The standard InChI is InChI=1S/C21H20Cl2N4O3S/c1-27-16-7-6-12(22)10-14(16)18(13-4-2-3-5-15(13)23)25-19(20(27)28)26-21(31)24-11-17-29-8-9-30-17/h2-7,10,17,19H,8-9,11H2,1H3,(H2,24,26,31). The fraction of sp³-hybridized carbons (Fsp3) is 0.286. The first-order valence-electron chi connectivity index (χ1n) is 9.62. The van der Waals surface area contributed by atoms with Crippen LogP contribution >= 0.6 is 35.4 Å². The van der Waals surface area contributed by atoms with Gasteiger partial charge in [0.1, 0.15) is 0 Å². The summed E-state index contributed by atoms with van der Waals surface area (Å²) in [5.74, 6) is -0.275. The van der Waals surface area contributed by atoms with Crippen LogP contribution in [0.3, 0.4) is 0 Å². The van der Waals surface area contributed by atoms with Gasteiger partial charge in [0.25, 0.3) is 5.91 Å². The summed E-state index contributed by atoms with van der Waals surface area (Å²) in [6, 6.07) is 12.6. The molecule has 0 aliphatic carbocycles. The molecule has 2 aliphatic heterocycles. The van der Waals surface area contributed by atoms with E-state index in [1.807, 2.05) is 18.2 Å². The number of hydrogen-bond acceptors (Lipinski definition) is 5. The molecule has 2 aromatic carbocycles. The number of carbonyl (C=O) groups excluding carboxylic acids is 1. The summed E-state index contributed by atoms with van der Waals surface area (Å²) in [5, 5.41) is 7.29. The van der Waals surface area contributed by atoms with E-state index in [9.17, 15) is 4.79 Å². The highest BCUT2D eigenvalue weighted by Crippen LogP contribution is 2.31. The molecule has 7 nitrogen and oxygen atoms in total. The number of likely N-dealkylation sites (N-methyl/N-ethyl adjacent to an activating group) is 1. The Hall–Kier alpha value is -2.23. The molecular formula is C21H20Cl2N4O3S. The van der Waals surface area contributed by atoms with Gasteiger partial charge in [0.15, 0.2) is 11.4 Å². The molecule has 0 saturated carbocycles. The van der Waals surface area contributed by atoms with E-state index in [1.165, 1.54) is 4.90 Å². The number of hydrogen-bond donors (Lipinski definition) is 2. The number of thiocarbonyl (C=S) groups is 1. The number of carbonyl (C=O) groups is 1. The molecule has 4 rings (SSSR count). The Morgan fingerprint density at radius 1 is 1.19 bits per heavy atom. The number of ether oxygens (including phenoxy) is 2. The molecular weight excluding hydrogens is 459 g/mol. The SMILES string of the molecule is CN1C(=O)C(NC(=S)NCC2OCCO2)N=C(c2ccccc2Cl)c2cc(Cl)ccc21. The number of rotatable bonds is 4. The number of nitrogens with zero attached hydrogens (tertiary/aromatic N) is 2. The predicted octanol–water partition coefficient (Wildman–Crippen LogP) is 2.97. The van der Waals surface area contributed by atoms with Crippen LogP contribution in [0.2, 0.25) is 10.0 Å². The fourth-order valence-corrected chi connectivity index (χ4v) is 3.98. The summed E-state index contributed by atoms with van der Waals surface area (Å²) in [4.78, 5) is 19.5. The van der Waals surface area contributed by atoms with E-state index in [-0.39, 0.29) is 17.3 Å². The zero-order valence-electron chi connectivity index (χ0n) is 16.6. The Morgan fingerprint density at radius 2 is 1.94 bits per heavy atom. The monoisotopic (exact) mass is 478 g/mol. The molecule has 2 N–H and O–H groups in total. The second-order valence-corrected chi connectivity index (χ2v) is 8.20. The second kappa shape index (κ2) is 9.50. The van der Waals surface area contributed by atoms with Crippen LogP contribution < -0.4 is 15.5 Å². The smallest absolute Gasteiger partial charge is 0.272 e. The molecule has 0 bridgehead atoms. The van der Waals surface area contributed by atoms with Crippen molar-refractivity contribution < 1.29 is 14.3 Å². The maximum absolute atomic E-state index is 13.2. The first-order valence-corrected chi connectivity index (χ1v) is 10.8. The molecule has 1 saturated heterocycles. The summed E-state index contributed by atoms with van der Waals surface area (Å²) in [5.41, 5.74) is 2.61. The molecule has 1 amide bonds. The number of nitrogens with one attached hydrogen (secondary N) is 2. The Morgan fingerprint density at radius 3 is 2.68 bits per heavy atom. The van der Waals surface area contributed by atoms with Crippen molar-refractivity contribution in [2.24, 2.45) is 4.99 Å². The van der Waals surface area contributed by atoms with E-state index >= 15 is 0 Å². The third-order valence-electron chi connectivity index (χ3n) is 4.91. The zero-order chi connectivity index (χ0) is 22.0. The van der Waals surface area contributed by atoms with Crippen LogP contribution in [0.1, 0.15) is 11.1 Å². The third kappa shape index (κ3) is 4.83. The van der Waals surface area contributed by atoms with Gasteiger partial charge in [-0.05, 0) is 36.5 Å². The maximum atomic E-state index is 13.2. The average Bonchev–Trinajstić information content (AvgIpc) is 3.25. The van der Waals surface area contributed by atoms with Crippen molar-refractivity contribution >= 4 is 57.8 Å². The minimum atomic E-state index is -0.965. The van der Waals surface area contributed by atoms with E-state index in [4.69, 9.17) is 49.9 Å². The molecule has 2 aromatic rings. The zero-order valence-corrected chi connectivity index (χ0v) is 18.9. The molecule has 0 aromatic heterocycles. The molecule has 162 valence electrons. The highest BCUT2D eigenvalue weighted by molar-refractivity contribution is 7.80. The molecule has 1 fully saturated rings. The molecule has 10 heteroatoms. The molecule has 0 spiro atoms. The second-order valence-electron chi connectivity index (χ2n) is 6.94. The quantitative estimate of drug-likeness (QED) is 0.657. The van der Waals surface area contributed by atoms with Crippen LogP contribution in [0.4, 0.5) is 5.69 Å². The van der Waals surface area contributed by atoms with Crippen LogP contribution in [0.25, 0.3) is 0 Å². The van der Waals surface area contributed by atoms with Gasteiger partial charge in [-0.3, -0.25) is 4.79 Å². The molecule has 2 aliphatic rings. The lowest BCUT2D eigenvalue weighted by Gasteiger charge is -2.22. The molecule has 2 heterocycles. The molecule has 31 heavy (non-hydrogen) atoms. The van der Waals surface area contributed by atoms with Gasteiger partial charge in [-0.25, -0.2) is 4.99 Å². The number of anilines is 1. The first-order chi connectivity index (χ1) is 14.9. The highest BCUT2D eigenvalue weighted by atomic mass is 35.5. The van der Waals surface area contributed by atoms with E-state index in [0.29, 0.717) is 52.3 Å². The van der Waals surface area contributed by atoms with Crippen LogP contribution in [0.15, 0.2) is 47.5 Å². The van der Waals surface area contributed by atoms with Crippen molar-refractivity contribution in [1.82, 2.24) is 10.6 Å². The Balaban J connectivity index is 1.68. The third-order valence-corrected chi connectivity index (χ3v) is 5.74. The number of benzene rings is 2. The number of amides is 1. The Labute approximate surface area is 195 Å². The van der Waals surface area contributed by atoms with Gasteiger partial charge in [0.2, 0.25) is 6.17 Å². The van der Waals surface area contributed by atoms with Crippen LogP contribution in [0.5, 0.6) is 0 Å². The van der Waals surface area contributed by atoms with Crippen LogP contribution in [-0.4, -0.2) is 56.0 Å². The van der Waals surface area contributed by atoms with E-state index in [0.717, 1.165) is 0 Å². The molecule has 1 unspecified atom stereocenters. The lowest BCUT2D eigenvalue weighted by atomic mass is 10.00. The minimum absolute atomic E-state index is 0.261. The molecule has 0 radical (unpaired) electrons. The van der Waals surface area contributed by atoms with Gasteiger partial charge >= 0.3 is 0 Å². The maximum Gasteiger partial charge on any atom is 0.272 e. The summed E-state index contributed by atoms with van der Waals surface area (Å²) in [6.45, 7) is 1.45. The largest absolute Gasteiger partial charge is 0.358 e. The predicted molar refractivity (Wildman–Crippen MR) is 125 cm³/mol. The van der Waals surface area contributed by atoms with Crippen molar-refractivity contribution in [3.63, 3.8) is 0 Å². The Bertz CT molecular complexity index is 1040. The van der Waals surface area contributed by atoms with Crippen molar-refractivity contribution in [2.45, 2.75) is 12.5 Å². The number of halogens is 2. The van der Waals surface area contributed by atoms with Gasteiger partial charge in [-0.15, -0.1) is 0 Å². The normalized spacial score (nSPS) is 18.9. The first kappa shape index (κ1) is 22.0. The number of benzodiazepines with no additional fused rings is 1. The van der Waals surface area contributed by atoms with E-state index in [2.05, 4.69) is 10.6 Å². The van der Waals surface area contributed by atoms with Gasteiger partial charge < -0.3 is 25.0 Å². The topological polar surface area (TPSA) is 75.2 Å². The number of aliphatic imine (C=N–C) groups is 1. The van der Waals surface area contributed by atoms with E-state index in [1.54, 1.807) is 31.3 Å². The van der Waals surface area contributed by atoms with Gasteiger partial charge in [0, 0.05) is 28.2 Å². The highest BCUT2D eigenvalue weighted by Gasteiger charge is 2.31. The molecule has 1 atom stereocenters. The lowest BCUT2D eigenvalue weighted by Crippen LogP contribution is -2.50. The van der Waals surface area contributed by atoms with Crippen molar-refractivity contribution in [2.75, 3.05) is 31.7 Å². The summed E-state index contributed by atoms with van der Waals surface area (Å²) < 4.78 is 10.8. The average molecular weight is 479 g/mol.